The number of nitrogens with two attached hydrogens (primary N) is 1. The number of nitrogen functional groups attached to an aromatic ring is 1. The Morgan fingerprint density at radius 1 is 1.67 bits per heavy atom. The summed E-state index contributed by atoms with van der Waals surface area (Å²) in [6.45, 7) is 5.01. The zero-order chi connectivity index (χ0) is 11.3. The summed E-state index contributed by atoms with van der Waals surface area (Å²) in [7, 11) is 0. The number of aromatic nitrogens is 2. The molecule has 0 aliphatic carbocycles. The lowest BCUT2D eigenvalue weighted by molar-refractivity contribution is 0.0953. The van der Waals surface area contributed by atoms with Crippen LogP contribution in [0.3, 0.4) is 0 Å². The summed E-state index contributed by atoms with van der Waals surface area (Å²) < 4.78 is 0. The molecule has 1 heterocycles. The molecule has 0 radical (unpaired) electrons. The van der Waals surface area contributed by atoms with Crippen LogP contribution in [0.5, 0.6) is 0 Å². The van der Waals surface area contributed by atoms with Gasteiger partial charge in [-0.2, -0.15) is 5.10 Å². The van der Waals surface area contributed by atoms with E-state index in [4.69, 9.17) is 5.73 Å². The second-order valence-corrected chi connectivity index (χ2v) is 3.99. The molecule has 4 N–H and O–H groups in total. The summed E-state index contributed by atoms with van der Waals surface area (Å²) >= 11 is 0. The zero-order valence-electron chi connectivity index (χ0n) is 9.21. The Bertz CT molecular complexity index is 319. The fourth-order valence-electron chi connectivity index (χ4n) is 1.28. The first-order valence-corrected chi connectivity index (χ1v) is 5.18. The highest BCUT2D eigenvalue weighted by molar-refractivity contribution is 5.97. The van der Waals surface area contributed by atoms with Gasteiger partial charge in [0, 0.05) is 6.54 Å². The van der Waals surface area contributed by atoms with Crippen LogP contribution in [0.15, 0.2) is 6.20 Å². The fraction of sp³-hybridized carbons (Fsp3) is 0.600. The molecule has 0 unspecified atom stereocenters. The van der Waals surface area contributed by atoms with Crippen LogP contribution in [-0.2, 0) is 0 Å². The van der Waals surface area contributed by atoms with Crippen molar-refractivity contribution in [2.45, 2.75) is 26.7 Å². The number of nitrogens with one attached hydrogen (secondary N) is 2. The van der Waals surface area contributed by atoms with Gasteiger partial charge in [-0.3, -0.25) is 9.89 Å². The first-order valence-electron chi connectivity index (χ1n) is 5.18. The Balaban J connectivity index is 2.28. The minimum atomic E-state index is -0.162. The Labute approximate surface area is 89.4 Å². The van der Waals surface area contributed by atoms with E-state index in [2.05, 4.69) is 29.4 Å². The lowest BCUT2D eigenvalue weighted by Crippen LogP contribution is -2.25. The molecule has 1 aromatic rings. The van der Waals surface area contributed by atoms with Crippen LogP contribution in [0.4, 0.5) is 5.82 Å². The van der Waals surface area contributed by atoms with Crippen molar-refractivity contribution in [2.75, 3.05) is 12.3 Å². The lowest BCUT2D eigenvalue weighted by atomic mass is 10.1. The van der Waals surface area contributed by atoms with Crippen LogP contribution in [0.2, 0.25) is 0 Å². The lowest BCUT2D eigenvalue weighted by Gasteiger charge is -2.05. The maximum absolute atomic E-state index is 11.5. The van der Waals surface area contributed by atoms with E-state index >= 15 is 0 Å². The van der Waals surface area contributed by atoms with E-state index in [1.54, 1.807) is 0 Å². The molecule has 15 heavy (non-hydrogen) atoms. The molecular formula is C10H18N4O. The minimum absolute atomic E-state index is 0.162. The van der Waals surface area contributed by atoms with Gasteiger partial charge in [0.1, 0.15) is 11.4 Å². The molecule has 1 amide bonds. The third-order valence-electron chi connectivity index (χ3n) is 2.16. The highest BCUT2D eigenvalue weighted by Gasteiger charge is 2.10. The molecule has 0 atom stereocenters. The van der Waals surface area contributed by atoms with Gasteiger partial charge in [-0.25, -0.2) is 0 Å². The molecule has 0 spiro atoms. The van der Waals surface area contributed by atoms with Gasteiger partial charge in [-0.15, -0.1) is 0 Å². The zero-order valence-corrected chi connectivity index (χ0v) is 9.21. The van der Waals surface area contributed by atoms with E-state index in [0.29, 0.717) is 23.8 Å². The Morgan fingerprint density at radius 3 is 2.93 bits per heavy atom. The molecule has 84 valence electrons. The monoisotopic (exact) mass is 210 g/mol. The van der Waals surface area contributed by atoms with Crippen LogP contribution >= 0.6 is 0 Å². The van der Waals surface area contributed by atoms with E-state index in [9.17, 15) is 4.79 Å². The average molecular weight is 210 g/mol. The van der Waals surface area contributed by atoms with Crippen molar-refractivity contribution < 1.29 is 4.79 Å². The van der Waals surface area contributed by atoms with Crippen molar-refractivity contribution in [3.8, 4) is 0 Å². The number of aromatic amines is 1. The van der Waals surface area contributed by atoms with Crippen molar-refractivity contribution >= 4 is 11.7 Å². The number of rotatable bonds is 5. The first kappa shape index (κ1) is 11.6. The number of hydrogen-bond donors (Lipinski definition) is 3. The third kappa shape index (κ3) is 3.61. The van der Waals surface area contributed by atoms with E-state index in [-0.39, 0.29) is 5.91 Å². The van der Waals surface area contributed by atoms with Crippen molar-refractivity contribution in [3.63, 3.8) is 0 Å². The smallest absolute Gasteiger partial charge is 0.256 e. The highest BCUT2D eigenvalue weighted by atomic mass is 16.1. The molecular weight excluding hydrogens is 192 g/mol. The summed E-state index contributed by atoms with van der Waals surface area (Å²) in [5, 5.41) is 9.02. The normalized spacial score (nSPS) is 10.6. The highest BCUT2D eigenvalue weighted by Crippen LogP contribution is 2.06. The van der Waals surface area contributed by atoms with Crippen molar-refractivity contribution in [1.29, 1.82) is 0 Å². The molecule has 5 heteroatoms. The van der Waals surface area contributed by atoms with Gasteiger partial charge in [-0.1, -0.05) is 13.8 Å². The quantitative estimate of drug-likeness (QED) is 0.637. The predicted molar refractivity (Wildman–Crippen MR) is 59.4 cm³/mol. The topological polar surface area (TPSA) is 83.8 Å². The van der Waals surface area contributed by atoms with Crippen LogP contribution < -0.4 is 11.1 Å². The van der Waals surface area contributed by atoms with Crippen LogP contribution in [0, 0.1) is 5.92 Å². The Hall–Kier alpha value is -1.52. The molecule has 5 nitrogen and oxygen atoms in total. The van der Waals surface area contributed by atoms with Crippen LogP contribution in [-0.4, -0.2) is 22.6 Å². The van der Waals surface area contributed by atoms with Crippen molar-refractivity contribution in [3.05, 3.63) is 11.8 Å². The molecule has 0 saturated heterocycles. The molecule has 0 aromatic carbocycles. The van der Waals surface area contributed by atoms with Gasteiger partial charge < -0.3 is 11.1 Å². The van der Waals surface area contributed by atoms with Crippen molar-refractivity contribution in [2.24, 2.45) is 5.92 Å². The van der Waals surface area contributed by atoms with Gasteiger partial charge in [0.25, 0.3) is 5.91 Å². The summed E-state index contributed by atoms with van der Waals surface area (Å²) in [6.07, 6.45) is 3.54. The van der Waals surface area contributed by atoms with E-state index in [0.717, 1.165) is 12.8 Å². The van der Waals surface area contributed by atoms with Gasteiger partial charge in [0.05, 0.1) is 6.20 Å². The number of hydrogen-bond acceptors (Lipinski definition) is 3. The molecule has 1 rings (SSSR count). The number of carbonyl (C=O) groups excluding carboxylic acids is 1. The third-order valence-corrected chi connectivity index (χ3v) is 2.16. The number of nitrogens with zero attached hydrogens (tertiary/aromatic N) is 1. The van der Waals surface area contributed by atoms with E-state index in [1.807, 2.05) is 0 Å². The molecule has 0 aliphatic rings. The van der Waals surface area contributed by atoms with Crippen molar-refractivity contribution in [1.82, 2.24) is 15.5 Å². The van der Waals surface area contributed by atoms with Gasteiger partial charge in [-0.05, 0) is 18.8 Å². The minimum Gasteiger partial charge on any atom is -0.383 e. The summed E-state index contributed by atoms with van der Waals surface area (Å²) in [6, 6.07) is 0. The van der Waals surface area contributed by atoms with Gasteiger partial charge in [0.15, 0.2) is 0 Å². The van der Waals surface area contributed by atoms with E-state index < -0.39 is 0 Å². The maximum atomic E-state index is 11.5. The number of anilines is 1. The number of H-pyrrole nitrogens is 1. The second-order valence-electron chi connectivity index (χ2n) is 3.99. The number of amides is 1. The molecule has 0 fully saturated rings. The Morgan fingerprint density at radius 2 is 2.40 bits per heavy atom. The molecule has 0 bridgehead atoms. The fourth-order valence-corrected chi connectivity index (χ4v) is 1.28. The summed E-state index contributed by atoms with van der Waals surface area (Å²) in [5.41, 5.74) is 5.93. The number of carbonyl (C=O) groups is 1. The summed E-state index contributed by atoms with van der Waals surface area (Å²) in [5.74, 6) is 0.822. The average Bonchev–Trinajstić information content (AvgIpc) is 2.58. The van der Waals surface area contributed by atoms with Crippen LogP contribution in [0.25, 0.3) is 0 Å². The standard InChI is InChI=1S/C10H18N4O/c1-7(2)4-3-5-12-10(15)8-6-13-14-9(8)11/h6-7H,3-5H2,1-2H3,(H,12,15)(H3,11,13,14). The molecule has 0 saturated carbocycles. The van der Waals surface area contributed by atoms with E-state index in [1.165, 1.54) is 6.20 Å². The van der Waals surface area contributed by atoms with Gasteiger partial charge >= 0.3 is 0 Å². The first-order chi connectivity index (χ1) is 7.11. The molecule has 1 aromatic heterocycles. The summed E-state index contributed by atoms with van der Waals surface area (Å²) in [4.78, 5) is 11.5. The Kier molecular flexibility index (Phi) is 4.15. The molecule has 0 aliphatic heterocycles. The maximum Gasteiger partial charge on any atom is 0.256 e. The van der Waals surface area contributed by atoms with Gasteiger partial charge in [0.2, 0.25) is 0 Å². The predicted octanol–water partition coefficient (Wildman–Crippen LogP) is 1.16. The van der Waals surface area contributed by atoms with Crippen LogP contribution in [0.1, 0.15) is 37.0 Å². The largest absolute Gasteiger partial charge is 0.383 e. The SMILES string of the molecule is CC(C)CCCNC(=O)c1cn[nH]c1N. The second kappa shape index (κ2) is 5.38.